The molecule has 0 aromatic heterocycles. The Balaban J connectivity index is 1.58. The van der Waals surface area contributed by atoms with Crippen molar-refractivity contribution in [3.8, 4) is 6.07 Å². The maximum Gasteiger partial charge on any atom is 0.248 e. The number of hydrogen-bond acceptors (Lipinski definition) is 4. The number of rotatable bonds is 5. The second kappa shape index (κ2) is 9.76. The van der Waals surface area contributed by atoms with Crippen LogP contribution in [0.2, 0.25) is 5.02 Å². The molecule has 3 aromatic carbocycles. The summed E-state index contributed by atoms with van der Waals surface area (Å²) in [5.41, 5.74) is 9.07. The van der Waals surface area contributed by atoms with Crippen molar-refractivity contribution in [2.75, 3.05) is 24.5 Å². The summed E-state index contributed by atoms with van der Waals surface area (Å²) in [5.74, 6) is -0.489. The van der Waals surface area contributed by atoms with E-state index in [0.29, 0.717) is 35.8 Å². The number of benzene rings is 3. The van der Waals surface area contributed by atoms with Crippen LogP contribution in [0, 0.1) is 11.3 Å². The summed E-state index contributed by atoms with van der Waals surface area (Å²) in [6.07, 6.45) is 0.279. The number of halogens is 1. The van der Waals surface area contributed by atoms with Gasteiger partial charge in [-0.05, 0) is 41.5 Å². The molecule has 33 heavy (non-hydrogen) atoms. The second-order valence-corrected chi connectivity index (χ2v) is 8.38. The molecule has 0 bridgehead atoms. The standard InChI is InChI=1S/C26H23ClN4O2/c27-22-15-21(26(29)33)10-11-23(22)31-13-12-30(17-24(31)20-4-2-1-3-5-20)25(32)14-18-6-8-19(16-28)9-7-18/h1-11,15,24H,12-14,17H2,(H2,29,33)/t24-/m0/s1. The van der Waals surface area contributed by atoms with Crippen LogP contribution in [0.25, 0.3) is 0 Å². The van der Waals surface area contributed by atoms with Crippen LogP contribution in [0.4, 0.5) is 5.69 Å². The Kier molecular flexibility index (Phi) is 6.62. The minimum Gasteiger partial charge on any atom is -0.366 e. The normalized spacial score (nSPS) is 15.7. The van der Waals surface area contributed by atoms with Gasteiger partial charge in [-0.3, -0.25) is 9.59 Å². The van der Waals surface area contributed by atoms with Crippen LogP contribution in [0.5, 0.6) is 0 Å². The zero-order valence-corrected chi connectivity index (χ0v) is 18.7. The molecule has 2 amide bonds. The first-order valence-electron chi connectivity index (χ1n) is 10.6. The lowest BCUT2D eigenvalue weighted by Gasteiger charge is -2.43. The molecule has 1 aliphatic heterocycles. The van der Waals surface area contributed by atoms with E-state index in [4.69, 9.17) is 22.6 Å². The zero-order chi connectivity index (χ0) is 23.4. The maximum absolute atomic E-state index is 13.1. The predicted molar refractivity (Wildman–Crippen MR) is 128 cm³/mol. The van der Waals surface area contributed by atoms with E-state index in [-0.39, 0.29) is 18.4 Å². The molecule has 0 saturated carbocycles. The highest BCUT2D eigenvalue weighted by Gasteiger charge is 2.31. The van der Waals surface area contributed by atoms with Gasteiger partial charge in [0.2, 0.25) is 11.8 Å². The number of amides is 2. The van der Waals surface area contributed by atoms with Gasteiger partial charge in [-0.2, -0.15) is 5.26 Å². The predicted octanol–water partition coefficient (Wildman–Crippen LogP) is 3.94. The number of carbonyl (C=O) groups is 2. The van der Waals surface area contributed by atoms with Gasteiger partial charge in [0.1, 0.15) is 0 Å². The third-order valence-electron chi connectivity index (χ3n) is 5.90. The van der Waals surface area contributed by atoms with Crippen LogP contribution < -0.4 is 10.6 Å². The quantitative estimate of drug-likeness (QED) is 0.626. The molecular weight excluding hydrogens is 436 g/mol. The Morgan fingerprint density at radius 1 is 1.03 bits per heavy atom. The minimum absolute atomic E-state index is 0.0375. The first-order chi connectivity index (χ1) is 16.0. The van der Waals surface area contributed by atoms with Gasteiger partial charge < -0.3 is 15.5 Å². The Labute approximate surface area is 197 Å². The molecule has 1 heterocycles. The van der Waals surface area contributed by atoms with E-state index in [0.717, 1.165) is 16.8 Å². The van der Waals surface area contributed by atoms with E-state index in [1.54, 1.807) is 24.3 Å². The smallest absolute Gasteiger partial charge is 0.248 e. The van der Waals surface area contributed by atoms with Gasteiger partial charge in [0, 0.05) is 25.2 Å². The fraction of sp³-hybridized carbons (Fsp3) is 0.192. The van der Waals surface area contributed by atoms with Crippen LogP contribution in [-0.2, 0) is 11.2 Å². The number of primary amides is 1. The number of piperazine rings is 1. The Morgan fingerprint density at radius 2 is 1.76 bits per heavy atom. The zero-order valence-electron chi connectivity index (χ0n) is 17.9. The number of nitrogens with two attached hydrogens (primary N) is 1. The molecule has 3 aromatic rings. The fourth-order valence-corrected chi connectivity index (χ4v) is 4.42. The van der Waals surface area contributed by atoms with E-state index in [9.17, 15) is 9.59 Å². The van der Waals surface area contributed by atoms with Crippen LogP contribution in [0.1, 0.15) is 33.1 Å². The van der Waals surface area contributed by atoms with E-state index < -0.39 is 5.91 Å². The molecule has 0 radical (unpaired) electrons. The summed E-state index contributed by atoms with van der Waals surface area (Å²) >= 11 is 6.54. The van der Waals surface area contributed by atoms with Gasteiger partial charge in [0.05, 0.1) is 34.8 Å². The molecular formula is C26H23ClN4O2. The number of nitriles is 1. The average molecular weight is 459 g/mol. The van der Waals surface area contributed by atoms with Crippen molar-refractivity contribution >= 4 is 29.1 Å². The van der Waals surface area contributed by atoms with Crippen molar-refractivity contribution in [3.05, 3.63) is 100 Å². The van der Waals surface area contributed by atoms with Crippen molar-refractivity contribution in [1.29, 1.82) is 5.26 Å². The van der Waals surface area contributed by atoms with Crippen LogP contribution in [0.3, 0.4) is 0 Å². The summed E-state index contributed by atoms with van der Waals surface area (Å²) in [6, 6.07) is 24.2. The SMILES string of the molecule is N#Cc1ccc(CC(=O)N2CCN(c3ccc(C(N)=O)cc3Cl)[C@H](c3ccccc3)C2)cc1. The molecule has 0 unspecified atom stereocenters. The maximum atomic E-state index is 13.1. The number of nitrogens with zero attached hydrogens (tertiary/aromatic N) is 3. The number of anilines is 1. The molecule has 4 rings (SSSR count). The molecule has 0 spiro atoms. The number of carbonyl (C=O) groups excluding carboxylic acids is 2. The summed E-state index contributed by atoms with van der Waals surface area (Å²) in [4.78, 5) is 28.7. The van der Waals surface area contributed by atoms with Gasteiger partial charge in [0.15, 0.2) is 0 Å². The molecule has 7 heteroatoms. The molecule has 0 aliphatic carbocycles. The molecule has 1 aliphatic rings. The molecule has 1 saturated heterocycles. The van der Waals surface area contributed by atoms with Crippen LogP contribution >= 0.6 is 11.6 Å². The van der Waals surface area contributed by atoms with Gasteiger partial charge in [0.25, 0.3) is 0 Å². The monoisotopic (exact) mass is 458 g/mol. The Bertz CT molecular complexity index is 1210. The molecule has 2 N–H and O–H groups in total. The molecule has 6 nitrogen and oxygen atoms in total. The van der Waals surface area contributed by atoms with E-state index >= 15 is 0 Å². The van der Waals surface area contributed by atoms with E-state index in [1.165, 1.54) is 0 Å². The highest BCUT2D eigenvalue weighted by molar-refractivity contribution is 6.33. The third-order valence-corrected chi connectivity index (χ3v) is 6.20. The van der Waals surface area contributed by atoms with E-state index in [2.05, 4.69) is 11.0 Å². The summed E-state index contributed by atoms with van der Waals surface area (Å²) in [7, 11) is 0. The Morgan fingerprint density at radius 3 is 2.39 bits per heavy atom. The summed E-state index contributed by atoms with van der Waals surface area (Å²) < 4.78 is 0. The lowest BCUT2D eigenvalue weighted by atomic mass is 10.00. The van der Waals surface area contributed by atoms with Crippen molar-refractivity contribution in [2.45, 2.75) is 12.5 Å². The van der Waals surface area contributed by atoms with Gasteiger partial charge >= 0.3 is 0 Å². The topological polar surface area (TPSA) is 90.4 Å². The van der Waals surface area contributed by atoms with Gasteiger partial charge in [-0.25, -0.2) is 0 Å². The lowest BCUT2D eigenvalue weighted by molar-refractivity contribution is -0.131. The third kappa shape index (κ3) is 5.00. The first-order valence-corrected chi connectivity index (χ1v) is 11.0. The average Bonchev–Trinajstić information content (AvgIpc) is 2.84. The Hall–Kier alpha value is -3.82. The van der Waals surface area contributed by atoms with Gasteiger partial charge in [-0.15, -0.1) is 0 Å². The van der Waals surface area contributed by atoms with Gasteiger partial charge in [-0.1, -0.05) is 54.1 Å². The summed E-state index contributed by atoms with van der Waals surface area (Å²) in [5, 5.41) is 9.42. The highest BCUT2D eigenvalue weighted by atomic mass is 35.5. The molecule has 1 fully saturated rings. The minimum atomic E-state index is -0.527. The van der Waals surface area contributed by atoms with Crippen molar-refractivity contribution in [1.82, 2.24) is 4.90 Å². The lowest BCUT2D eigenvalue weighted by Crippen LogP contribution is -2.51. The fourth-order valence-electron chi connectivity index (χ4n) is 4.13. The van der Waals surface area contributed by atoms with Crippen molar-refractivity contribution < 1.29 is 9.59 Å². The van der Waals surface area contributed by atoms with Crippen LogP contribution in [0.15, 0.2) is 72.8 Å². The van der Waals surface area contributed by atoms with E-state index in [1.807, 2.05) is 53.4 Å². The first kappa shape index (κ1) is 22.4. The largest absolute Gasteiger partial charge is 0.366 e. The molecule has 1 atom stereocenters. The number of hydrogen-bond donors (Lipinski definition) is 1. The summed E-state index contributed by atoms with van der Waals surface area (Å²) in [6.45, 7) is 1.65. The second-order valence-electron chi connectivity index (χ2n) is 7.98. The molecule has 166 valence electrons. The van der Waals surface area contributed by atoms with Crippen LogP contribution in [-0.4, -0.2) is 36.3 Å². The highest BCUT2D eigenvalue weighted by Crippen LogP contribution is 2.35. The van der Waals surface area contributed by atoms with Crippen molar-refractivity contribution in [3.63, 3.8) is 0 Å². The van der Waals surface area contributed by atoms with Crippen molar-refractivity contribution in [2.24, 2.45) is 5.73 Å².